The summed E-state index contributed by atoms with van der Waals surface area (Å²) in [6.45, 7) is 2.95. The molecule has 3 aromatic rings. The summed E-state index contributed by atoms with van der Waals surface area (Å²) in [7, 11) is 0. The van der Waals surface area contributed by atoms with E-state index < -0.39 is 0 Å². The minimum atomic E-state index is -0.0941. The van der Waals surface area contributed by atoms with Crippen molar-refractivity contribution in [2.75, 3.05) is 5.32 Å². The van der Waals surface area contributed by atoms with Crippen LogP contribution in [-0.2, 0) is 17.9 Å². The highest BCUT2D eigenvalue weighted by Crippen LogP contribution is 2.23. The van der Waals surface area contributed by atoms with E-state index >= 15 is 0 Å². The first kappa shape index (κ1) is 18.9. The van der Waals surface area contributed by atoms with E-state index in [0.29, 0.717) is 35.2 Å². The van der Waals surface area contributed by atoms with Crippen molar-refractivity contribution in [2.45, 2.75) is 26.4 Å². The largest absolute Gasteiger partial charge is 0.323 e. The molecule has 0 radical (unpaired) electrons. The molecule has 0 unspecified atom stereocenters. The topological polar surface area (TPSA) is 64.7 Å². The molecule has 0 fully saturated rings. The van der Waals surface area contributed by atoms with Crippen LogP contribution >= 0.6 is 39.1 Å². The minimum Gasteiger partial charge on any atom is -0.323 e. The number of benzene rings is 1. The van der Waals surface area contributed by atoms with Crippen molar-refractivity contribution >= 4 is 50.7 Å². The first-order valence-corrected chi connectivity index (χ1v) is 9.41. The second-order valence-electron chi connectivity index (χ2n) is 5.80. The summed E-state index contributed by atoms with van der Waals surface area (Å²) in [5.74, 6) is -0.0941. The number of carbonyl (C=O) groups is 1. The predicted molar refractivity (Wildman–Crippen MR) is 106 cm³/mol. The number of carbonyl (C=O) groups excluding carboxylic acids is 1. The minimum absolute atomic E-state index is 0.0941. The van der Waals surface area contributed by atoms with Gasteiger partial charge < -0.3 is 5.32 Å². The van der Waals surface area contributed by atoms with E-state index in [9.17, 15) is 4.79 Å². The Kier molecular flexibility index (Phi) is 6.01. The monoisotopic (exact) mass is 455 g/mol. The van der Waals surface area contributed by atoms with Gasteiger partial charge in [0, 0.05) is 25.4 Å². The lowest BCUT2D eigenvalue weighted by Gasteiger charge is -2.04. The number of hydrogen-bond acceptors (Lipinski definition) is 3. The zero-order valence-corrected chi connectivity index (χ0v) is 17.0. The zero-order chi connectivity index (χ0) is 18.7. The van der Waals surface area contributed by atoms with Crippen LogP contribution in [0.1, 0.15) is 17.7 Å². The summed E-state index contributed by atoms with van der Waals surface area (Å²) in [5, 5.41) is 12.4. The van der Waals surface area contributed by atoms with Gasteiger partial charge in [-0.05, 0) is 40.5 Å². The summed E-state index contributed by atoms with van der Waals surface area (Å²) >= 11 is 15.3. The van der Waals surface area contributed by atoms with Crippen molar-refractivity contribution in [3.63, 3.8) is 0 Å². The van der Waals surface area contributed by atoms with Gasteiger partial charge in [0.05, 0.1) is 38.6 Å². The molecule has 0 bridgehead atoms. The Balaban J connectivity index is 1.54. The van der Waals surface area contributed by atoms with Gasteiger partial charge in [0.2, 0.25) is 5.91 Å². The molecule has 1 amide bonds. The highest BCUT2D eigenvalue weighted by molar-refractivity contribution is 9.10. The molecule has 2 aromatic heterocycles. The number of amides is 1. The molecule has 0 aliphatic rings. The fraction of sp³-hybridized carbons (Fsp3) is 0.235. The Bertz CT molecular complexity index is 918. The number of nitrogens with zero attached hydrogens (tertiary/aromatic N) is 4. The molecular formula is C17H16BrCl2N5O. The van der Waals surface area contributed by atoms with Crippen LogP contribution < -0.4 is 5.32 Å². The third-order valence-corrected chi connectivity index (χ3v) is 5.22. The van der Waals surface area contributed by atoms with Gasteiger partial charge in [0.15, 0.2) is 0 Å². The molecule has 136 valence electrons. The summed E-state index contributed by atoms with van der Waals surface area (Å²) in [6.07, 6.45) is 5.57. The van der Waals surface area contributed by atoms with Crippen LogP contribution in [0.3, 0.4) is 0 Å². The zero-order valence-electron chi connectivity index (χ0n) is 13.9. The van der Waals surface area contributed by atoms with Crippen LogP contribution in [0.2, 0.25) is 10.0 Å². The molecule has 2 heterocycles. The molecule has 9 heteroatoms. The van der Waals surface area contributed by atoms with E-state index in [2.05, 4.69) is 31.4 Å². The summed E-state index contributed by atoms with van der Waals surface area (Å²) < 4.78 is 4.40. The maximum atomic E-state index is 12.1. The van der Waals surface area contributed by atoms with E-state index in [-0.39, 0.29) is 5.91 Å². The highest BCUT2D eigenvalue weighted by atomic mass is 79.9. The van der Waals surface area contributed by atoms with Crippen molar-refractivity contribution in [3.8, 4) is 0 Å². The van der Waals surface area contributed by atoms with Crippen LogP contribution in [-0.4, -0.2) is 25.5 Å². The Morgan fingerprint density at radius 3 is 2.73 bits per heavy atom. The Morgan fingerprint density at radius 1 is 1.23 bits per heavy atom. The molecule has 1 aromatic carbocycles. The van der Waals surface area contributed by atoms with Crippen molar-refractivity contribution in [2.24, 2.45) is 0 Å². The maximum absolute atomic E-state index is 12.1. The van der Waals surface area contributed by atoms with Crippen LogP contribution in [0.15, 0.2) is 41.3 Å². The van der Waals surface area contributed by atoms with Gasteiger partial charge in [-0.25, -0.2) is 0 Å². The molecular weight excluding hydrogens is 441 g/mol. The summed E-state index contributed by atoms with van der Waals surface area (Å²) in [6, 6.07) is 5.44. The lowest BCUT2D eigenvalue weighted by Crippen LogP contribution is -2.14. The normalized spacial score (nSPS) is 10.9. The summed E-state index contributed by atoms with van der Waals surface area (Å²) in [5.41, 5.74) is 2.52. The van der Waals surface area contributed by atoms with E-state index in [1.807, 2.05) is 19.2 Å². The quantitative estimate of drug-likeness (QED) is 0.592. The molecule has 3 rings (SSSR count). The van der Waals surface area contributed by atoms with Gasteiger partial charge in [-0.15, -0.1) is 0 Å². The molecule has 0 saturated heterocycles. The van der Waals surface area contributed by atoms with Gasteiger partial charge in [0.1, 0.15) is 0 Å². The van der Waals surface area contributed by atoms with Gasteiger partial charge in [-0.1, -0.05) is 29.3 Å². The number of halogens is 3. The average molecular weight is 457 g/mol. The SMILES string of the molecule is Cc1nn(CCC(=O)Nc2cnn(Cc3ccc(Cl)c(Cl)c3)c2)cc1Br. The molecule has 0 spiro atoms. The number of nitrogens with one attached hydrogen (secondary N) is 1. The lowest BCUT2D eigenvalue weighted by atomic mass is 10.2. The van der Waals surface area contributed by atoms with Gasteiger partial charge >= 0.3 is 0 Å². The van der Waals surface area contributed by atoms with Crippen LogP contribution in [0.4, 0.5) is 5.69 Å². The summed E-state index contributed by atoms with van der Waals surface area (Å²) in [4.78, 5) is 12.1. The highest BCUT2D eigenvalue weighted by Gasteiger charge is 2.08. The average Bonchev–Trinajstić information content (AvgIpc) is 3.15. The van der Waals surface area contributed by atoms with Crippen molar-refractivity contribution < 1.29 is 4.79 Å². The van der Waals surface area contributed by atoms with Crippen LogP contribution in [0.5, 0.6) is 0 Å². The van der Waals surface area contributed by atoms with Crippen molar-refractivity contribution in [3.05, 3.63) is 62.6 Å². The number of anilines is 1. The van der Waals surface area contributed by atoms with Crippen molar-refractivity contribution in [1.82, 2.24) is 19.6 Å². The molecule has 0 saturated carbocycles. The van der Waals surface area contributed by atoms with E-state index in [0.717, 1.165) is 15.7 Å². The fourth-order valence-electron chi connectivity index (χ4n) is 2.39. The van der Waals surface area contributed by atoms with Gasteiger partial charge in [-0.3, -0.25) is 14.2 Å². The second-order valence-corrected chi connectivity index (χ2v) is 7.47. The van der Waals surface area contributed by atoms with E-state index in [1.165, 1.54) is 0 Å². The molecule has 1 N–H and O–H groups in total. The number of rotatable bonds is 6. The first-order chi connectivity index (χ1) is 12.4. The van der Waals surface area contributed by atoms with E-state index in [4.69, 9.17) is 23.2 Å². The van der Waals surface area contributed by atoms with Gasteiger partial charge in [0.25, 0.3) is 0 Å². The number of aromatic nitrogens is 4. The Hall–Kier alpha value is -1.83. The Morgan fingerprint density at radius 2 is 2.04 bits per heavy atom. The third-order valence-electron chi connectivity index (χ3n) is 3.70. The van der Waals surface area contributed by atoms with E-state index in [1.54, 1.807) is 33.9 Å². The maximum Gasteiger partial charge on any atom is 0.226 e. The molecule has 0 aliphatic carbocycles. The number of aryl methyl sites for hydroxylation is 2. The molecule has 0 aliphatic heterocycles. The number of hydrogen-bond donors (Lipinski definition) is 1. The van der Waals surface area contributed by atoms with Crippen LogP contribution in [0, 0.1) is 6.92 Å². The predicted octanol–water partition coefficient (Wildman–Crippen LogP) is 4.53. The fourth-order valence-corrected chi connectivity index (χ4v) is 3.02. The van der Waals surface area contributed by atoms with Gasteiger partial charge in [-0.2, -0.15) is 10.2 Å². The lowest BCUT2D eigenvalue weighted by molar-refractivity contribution is -0.116. The molecule has 0 atom stereocenters. The smallest absolute Gasteiger partial charge is 0.226 e. The third kappa shape index (κ3) is 4.87. The van der Waals surface area contributed by atoms with Crippen LogP contribution in [0.25, 0.3) is 0 Å². The molecule has 6 nitrogen and oxygen atoms in total. The molecule has 26 heavy (non-hydrogen) atoms. The second kappa shape index (κ2) is 8.24. The van der Waals surface area contributed by atoms with Crippen molar-refractivity contribution in [1.29, 1.82) is 0 Å². The first-order valence-electron chi connectivity index (χ1n) is 7.86. The standard InChI is InChI=1S/C17H16BrCl2N5O/c1-11-14(18)10-24(23-11)5-4-17(26)22-13-7-21-25(9-13)8-12-2-3-15(19)16(20)6-12/h2-3,6-7,9-10H,4-5,8H2,1H3,(H,22,26). The Labute approximate surface area is 169 Å².